The highest BCUT2D eigenvalue weighted by Crippen LogP contribution is 2.44. The molecule has 1 aliphatic heterocycles. The number of urea groups is 1. The summed E-state index contributed by atoms with van der Waals surface area (Å²) in [6.45, 7) is 4.11. The Bertz CT molecular complexity index is 898. The second-order valence-electron chi connectivity index (χ2n) is 8.16. The van der Waals surface area contributed by atoms with E-state index < -0.39 is 31.2 Å². The normalized spacial score (nSPS) is 26.8. The van der Waals surface area contributed by atoms with Gasteiger partial charge in [0.2, 0.25) is 0 Å². The van der Waals surface area contributed by atoms with Crippen LogP contribution in [-0.2, 0) is 14.6 Å². The molecule has 3 N–H and O–H groups in total. The lowest BCUT2D eigenvalue weighted by Crippen LogP contribution is -2.45. The van der Waals surface area contributed by atoms with E-state index in [0.717, 1.165) is 19.3 Å². The van der Waals surface area contributed by atoms with Gasteiger partial charge in [0.25, 0.3) is 0 Å². The summed E-state index contributed by atoms with van der Waals surface area (Å²) in [4.78, 5) is 11.5. The van der Waals surface area contributed by atoms with E-state index in [1.54, 1.807) is 6.92 Å². The van der Waals surface area contributed by atoms with Crippen molar-refractivity contribution in [2.45, 2.75) is 66.5 Å². The fourth-order valence-electron chi connectivity index (χ4n) is 3.89. The first-order chi connectivity index (χ1) is 13.5. The van der Waals surface area contributed by atoms with Crippen molar-refractivity contribution >= 4 is 44.8 Å². The molecule has 2 fully saturated rings. The summed E-state index contributed by atoms with van der Waals surface area (Å²) in [6, 6.07) is 1.94. The van der Waals surface area contributed by atoms with Crippen molar-refractivity contribution in [1.82, 2.24) is 5.32 Å². The van der Waals surface area contributed by atoms with Gasteiger partial charge in [0.1, 0.15) is 4.90 Å². The van der Waals surface area contributed by atoms with Crippen molar-refractivity contribution in [1.29, 1.82) is 0 Å². The average molecular weight is 465 g/mol. The minimum absolute atomic E-state index is 0.0320. The van der Waals surface area contributed by atoms with E-state index in [0.29, 0.717) is 26.1 Å². The summed E-state index contributed by atoms with van der Waals surface area (Å²) in [6.07, 6.45) is 3.02. The van der Waals surface area contributed by atoms with Crippen LogP contribution in [0.2, 0.25) is 5.02 Å². The third-order valence-electron chi connectivity index (χ3n) is 5.99. The number of halogens is 2. The maximum Gasteiger partial charge on any atom is 0.319 e. The highest BCUT2D eigenvalue weighted by Gasteiger charge is 2.44. The Balaban J connectivity index is 1.86. The van der Waals surface area contributed by atoms with Crippen molar-refractivity contribution in [3.8, 4) is 5.75 Å². The number of phenols is 1. The first kappa shape index (κ1) is 22.5. The molecule has 2 amide bonds. The molecule has 162 valence electrons. The van der Waals surface area contributed by atoms with E-state index in [9.17, 15) is 18.3 Å². The van der Waals surface area contributed by atoms with Crippen molar-refractivity contribution in [2.75, 3.05) is 18.5 Å². The summed E-state index contributed by atoms with van der Waals surface area (Å²) in [5, 5.41) is 15.9. The van der Waals surface area contributed by atoms with Gasteiger partial charge in [0, 0.05) is 19.3 Å². The maximum absolute atomic E-state index is 13.3. The number of alkyl halides is 1. The molecule has 1 saturated carbocycles. The van der Waals surface area contributed by atoms with E-state index in [4.69, 9.17) is 27.9 Å². The van der Waals surface area contributed by atoms with E-state index >= 15 is 0 Å². The lowest BCUT2D eigenvalue weighted by molar-refractivity contribution is 0.0788. The number of hydrogen-bond donors (Lipinski definition) is 3. The third-order valence-corrected chi connectivity index (χ3v) is 9.53. The van der Waals surface area contributed by atoms with Crippen LogP contribution in [0.4, 0.5) is 10.5 Å². The predicted octanol–water partition coefficient (Wildman–Crippen LogP) is 4.06. The SMILES string of the molecule is CC1(Cl)CCC[C@H]1NC(=O)Nc1ccc(Cl)c(S(=O)(=O)C2(C)CCOCC2)c1O. The highest BCUT2D eigenvalue weighted by molar-refractivity contribution is 7.93. The molecule has 10 heteroatoms. The van der Waals surface area contributed by atoms with Crippen LogP contribution in [0, 0.1) is 0 Å². The Hall–Kier alpha value is -1.22. The molecule has 1 aliphatic carbocycles. The predicted molar refractivity (Wildman–Crippen MR) is 113 cm³/mol. The Labute approximate surface area is 181 Å². The van der Waals surface area contributed by atoms with E-state index in [1.807, 2.05) is 6.92 Å². The lowest BCUT2D eigenvalue weighted by Gasteiger charge is -2.33. The van der Waals surface area contributed by atoms with E-state index in [2.05, 4.69) is 10.6 Å². The van der Waals surface area contributed by atoms with Gasteiger partial charge in [-0.25, -0.2) is 13.2 Å². The molecule has 0 radical (unpaired) electrons. The van der Waals surface area contributed by atoms with Gasteiger partial charge in [0.15, 0.2) is 15.6 Å². The first-order valence-corrected chi connectivity index (χ1v) is 11.8. The minimum Gasteiger partial charge on any atom is -0.504 e. The van der Waals surface area contributed by atoms with E-state index in [1.165, 1.54) is 12.1 Å². The van der Waals surface area contributed by atoms with E-state index in [-0.39, 0.29) is 21.6 Å². The quantitative estimate of drug-likeness (QED) is 0.460. The first-order valence-electron chi connectivity index (χ1n) is 9.58. The van der Waals surface area contributed by atoms with Crippen LogP contribution in [0.15, 0.2) is 17.0 Å². The number of hydrogen-bond acceptors (Lipinski definition) is 5. The van der Waals surface area contributed by atoms with Crippen LogP contribution in [0.25, 0.3) is 0 Å². The number of carbonyl (C=O) groups excluding carboxylic acids is 1. The third kappa shape index (κ3) is 4.31. The van der Waals surface area contributed by atoms with Gasteiger partial charge in [-0.3, -0.25) is 0 Å². The van der Waals surface area contributed by atoms with Gasteiger partial charge < -0.3 is 20.5 Å². The number of sulfone groups is 1. The summed E-state index contributed by atoms with van der Waals surface area (Å²) < 4.78 is 30.8. The molecule has 1 saturated heterocycles. The number of phenolic OH excluding ortho intramolecular Hbond substituents is 1. The van der Waals surface area contributed by atoms with Gasteiger partial charge >= 0.3 is 6.03 Å². The van der Waals surface area contributed by atoms with Crippen LogP contribution in [-0.4, -0.2) is 48.4 Å². The summed E-state index contributed by atoms with van der Waals surface area (Å²) in [5.41, 5.74) is -0.0320. The molecule has 1 heterocycles. The molecule has 2 atom stereocenters. The number of amides is 2. The van der Waals surface area contributed by atoms with Crippen LogP contribution >= 0.6 is 23.2 Å². The molecule has 0 aromatic heterocycles. The van der Waals surface area contributed by atoms with Crippen LogP contribution in [0.5, 0.6) is 5.75 Å². The summed E-state index contributed by atoms with van der Waals surface area (Å²) >= 11 is 12.6. The molecule has 2 aliphatic rings. The molecule has 1 unspecified atom stereocenters. The lowest BCUT2D eigenvalue weighted by atomic mass is 10.0. The Kier molecular flexibility index (Phi) is 6.30. The van der Waals surface area contributed by atoms with Crippen LogP contribution in [0.1, 0.15) is 46.0 Å². The molecule has 0 spiro atoms. The van der Waals surface area contributed by atoms with Gasteiger partial charge in [-0.1, -0.05) is 11.6 Å². The van der Waals surface area contributed by atoms with Crippen LogP contribution < -0.4 is 10.6 Å². The number of aromatic hydroxyl groups is 1. The molecule has 1 aromatic rings. The molecule has 1 aromatic carbocycles. The zero-order valence-corrected chi connectivity index (χ0v) is 18.8. The molecule has 3 rings (SSSR count). The Morgan fingerprint density at radius 1 is 1.24 bits per heavy atom. The minimum atomic E-state index is -3.98. The molecule has 0 bridgehead atoms. The van der Waals surface area contributed by atoms with Crippen molar-refractivity contribution in [3.63, 3.8) is 0 Å². The highest BCUT2D eigenvalue weighted by atomic mass is 35.5. The largest absolute Gasteiger partial charge is 0.504 e. The van der Waals surface area contributed by atoms with Crippen molar-refractivity contribution in [3.05, 3.63) is 17.2 Å². The van der Waals surface area contributed by atoms with Crippen molar-refractivity contribution in [2.24, 2.45) is 0 Å². The monoisotopic (exact) mass is 464 g/mol. The van der Waals surface area contributed by atoms with Crippen LogP contribution in [0.3, 0.4) is 0 Å². The second-order valence-corrected chi connectivity index (χ2v) is 11.8. The number of ether oxygens (including phenoxy) is 1. The Morgan fingerprint density at radius 2 is 1.90 bits per heavy atom. The standard InChI is InChI=1S/C19H26Cl2N2O5S/c1-18(8-10-28-11-9-18)29(26,27)16-12(20)5-6-13(15(16)24)22-17(25)23-14-4-3-7-19(14,2)21/h5-6,14,24H,3-4,7-11H2,1-2H3,(H2,22,23,25)/t14-,19?/m1/s1. The van der Waals surface area contributed by atoms with Gasteiger partial charge in [0.05, 0.1) is 20.3 Å². The molecular weight excluding hydrogens is 439 g/mol. The Morgan fingerprint density at radius 3 is 2.48 bits per heavy atom. The van der Waals surface area contributed by atoms with Gasteiger partial charge in [-0.2, -0.15) is 0 Å². The fraction of sp³-hybridized carbons (Fsp3) is 0.632. The average Bonchev–Trinajstić information content (AvgIpc) is 2.96. The molecule has 29 heavy (non-hydrogen) atoms. The molecule has 7 nitrogen and oxygen atoms in total. The molecular formula is C19H26Cl2N2O5S. The number of rotatable bonds is 4. The van der Waals surface area contributed by atoms with Gasteiger partial charge in [-0.15, -0.1) is 11.6 Å². The van der Waals surface area contributed by atoms with Crippen molar-refractivity contribution < 1.29 is 23.1 Å². The zero-order valence-electron chi connectivity index (χ0n) is 16.4. The fourth-order valence-corrected chi connectivity index (χ4v) is 6.53. The van der Waals surface area contributed by atoms with Gasteiger partial charge in [-0.05, 0) is 58.1 Å². The summed E-state index contributed by atoms with van der Waals surface area (Å²) in [5.74, 6) is -0.569. The second kappa shape index (κ2) is 8.13. The maximum atomic E-state index is 13.3. The summed E-state index contributed by atoms with van der Waals surface area (Å²) in [7, 11) is -3.98. The smallest absolute Gasteiger partial charge is 0.319 e. The topological polar surface area (TPSA) is 105 Å². The number of nitrogens with one attached hydrogen (secondary N) is 2. The number of benzene rings is 1. The number of carbonyl (C=O) groups is 1. The zero-order chi connectivity index (χ0) is 21.4. The number of anilines is 1.